The Kier molecular flexibility index (Phi) is 2.93. The van der Waals surface area contributed by atoms with Gasteiger partial charge in [0.05, 0.1) is 0 Å². The summed E-state index contributed by atoms with van der Waals surface area (Å²) in [6, 6.07) is 21.2. The fraction of sp³-hybridized carbons (Fsp3) is 0.250. The van der Waals surface area contributed by atoms with Gasteiger partial charge in [-0.2, -0.15) is 10.2 Å². The van der Waals surface area contributed by atoms with Crippen LogP contribution in [0.1, 0.15) is 30.1 Å². The van der Waals surface area contributed by atoms with Gasteiger partial charge in [-0.25, -0.2) is 0 Å². The summed E-state index contributed by atoms with van der Waals surface area (Å²) in [6.07, 6.45) is 0. The fourth-order valence-electron chi connectivity index (χ4n) is 2.57. The zero-order valence-electron chi connectivity index (χ0n) is 10.4. The van der Waals surface area contributed by atoms with Crippen molar-refractivity contribution in [2.45, 2.75) is 19.0 Å². The minimum atomic E-state index is 0.191. The molecule has 0 fully saturated rings. The number of azo groups is 1. The van der Waals surface area contributed by atoms with Crippen molar-refractivity contribution in [2.24, 2.45) is 16.1 Å². The third-order valence-corrected chi connectivity index (χ3v) is 3.59. The lowest BCUT2D eigenvalue weighted by atomic mass is 9.87. The van der Waals surface area contributed by atoms with Crippen LogP contribution in [0.3, 0.4) is 0 Å². The Morgan fingerprint density at radius 3 is 1.44 bits per heavy atom. The predicted molar refractivity (Wildman–Crippen MR) is 72.4 cm³/mol. The molecule has 0 aromatic heterocycles. The second kappa shape index (κ2) is 4.73. The average Bonchev–Trinajstić information content (AvgIpc) is 2.83. The summed E-state index contributed by atoms with van der Waals surface area (Å²) in [5.74, 6) is 0.412. The van der Waals surface area contributed by atoms with E-state index in [1.54, 1.807) is 0 Å². The van der Waals surface area contributed by atoms with E-state index < -0.39 is 0 Å². The quantitative estimate of drug-likeness (QED) is 0.729. The molecule has 1 heterocycles. The van der Waals surface area contributed by atoms with Gasteiger partial charge in [0.2, 0.25) is 0 Å². The van der Waals surface area contributed by atoms with E-state index in [1.165, 1.54) is 11.1 Å². The summed E-state index contributed by atoms with van der Waals surface area (Å²) >= 11 is 0. The second-order valence-corrected chi connectivity index (χ2v) is 4.80. The second-order valence-electron chi connectivity index (χ2n) is 4.80. The summed E-state index contributed by atoms with van der Waals surface area (Å²) in [4.78, 5) is 0. The van der Waals surface area contributed by atoms with Crippen LogP contribution >= 0.6 is 0 Å². The van der Waals surface area contributed by atoms with Crippen LogP contribution in [0.5, 0.6) is 0 Å². The highest BCUT2D eigenvalue weighted by atomic mass is 15.2. The number of rotatable bonds is 2. The molecule has 3 rings (SSSR count). The molecule has 0 saturated carbocycles. The van der Waals surface area contributed by atoms with Crippen LogP contribution in [0.4, 0.5) is 0 Å². The van der Waals surface area contributed by atoms with Crippen molar-refractivity contribution in [1.82, 2.24) is 0 Å². The van der Waals surface area contributed by atoms with Crippen LogP contribution < -0.4 is 0 Å². The number of benzene rings is 2. The lowest BCUT2D eigenvalue weighted by Crippen LogP contribution is -2.09. The first-order valence-electron chi connectivity index (χ1n) is 6.36. The molecule has 1 aliphatic heterocycles. The van der Waals surface area contributed by atoms with Gasteiger partial charge in [0.1, 0.15) is 12.1 Å². The van der Waals surface area contributed by atoms with E-state index in [4.69, 9.17) is 0 Å². The SMILES string of the molecule is CC1C(c2ccccc2)N=NC1c1ccccc1. The Bertz CT molecular complexity index is 484. The molecule has 2 nitrogen and oxygen atoms in total. The molecule has 0 spiro atoms. The van der Waals surface area contributed by atoms with Crippen LogP contribution in [-0.2, 0) is 0 Å². The summed E-state index contributed by atoms with van der Waals surface area (Å²) in [5.41, 5.74) is 2.51. The molecule has 2 heteroatoms. The molecule has 0 amide bonds. The van der Waals surface area contributed by atoms with Crippen molar-refractivity contribution in [1.29, 1.82) is 0 Å². The van der Waals surface area contributed by atoms with Gasteiger partial charge in [-0.1, -0.05) is 67.6 Å². The maximum atomic E-state index is 4.47. The molecule has 2 aromatic carbocycles. The molecule has 18 heavy (non-hydrogen) atoms. The highest BCUT2D eigenvalue weighted by Gasteiger charge is 2.32. The van der Waals surface area contributed by atoms with Gasteiger partial charge >= 0.3 is 0 Å². The van der Waals surface area contributed by atoms with Crippen LogP contribution in [-0.4, -0.2) is 0 Å². The van der Waals surface area contributed by atoms with Crippen molar-refractivity contribution >= 4 is 0 Å². The van der Waals surface area contributed by atoms with E-state index in [2.05, 4.69) is 65.7 Å². The number of hydrogen-bond acceptors (Lipinski definition) is 2. The summed E-state index contributed by atoms with van der Waals surface area (Å²) in [5, 5.41) is 8.94. The molecule has 0 saturated heterocycles. The van der Waals surface area contributed by atoms with Gasteiger partial charge in [0.25, 0.3) is 0 Å². The molecule has 0 N–H and O–H groups in total. The highest BCUT2D eigenvalue weighted by Crippen LogP contribution is 2.43. The molecule has 90 valence electrons. The Labute approximate surface area is 107 Å². The summed E-state index contributed by atoms with van der Waals surface area (Å²) in [6.45, 7) is 2.23. The largest absolute Gasteiger partial charge is 0.185 e. The molecule has 1 aliphatic rings. The van der Waals surface area contributed by atoms with Gasteiger partial charge < -0.3 is 0 Å². The summed E-state index contributed by atoms with van der Waals surface area (Å²) in [7, 11) is 0. The van der Waals surface area contributed by atoms with Gasteiger partial charge in [-0.3, -0.25) is 0 Å². The molecule has 0 radical (unpaired) electrons. The van der Waals surface area contributed by atoms with Crippen LogP contribution in [0, 0.1) is 5.92 Å². The Hall–Kier alpha value is -1.96. The number of nitrogens with zero attached hydrogens (tertiary/aromatic N) is 2. The van der Waals surface area contributed by atoms with E-state index in [9.17, 15) is 0 Å². The standard InChI is InChI=1S/C16H16N2/c1-12-15(13-8-4-2-5-9-13)17-18-16(12)14-10-6-3-7-11-14/h2-12,15-16H,1H3. The highest BCUT2D eigenvalue weighted by molar-refractivity contribution is 5.25. The van der Waals surface area contributed by atoms with E-state index in [0.717, 1.165) is 0 Å². The van der Waals surface area contributed by atoms with Gasteiger partial charge in [-0.15, -0.1) is 0 Å². The summed E-state index contributed by atoms with van der Waals surface area (Å²) < 4.78 is 0. The van der Waals surface area contributed by atoms with Gasteiger partial charge in [0.15, 0.2) is 0 Å². The van der Waals surface area contributed by atoms with Crippen molar-refractivity contribution in [2.75, 3.05) is 0 Å². The molecule has 0 aliphatic carbocycles. The maximum absolute atomic E-state index is 4.47. The van der Waals surface area contributed by atoms with E-state index in [1.807, 2.05) is 12.1 Å². The smallest absolute Gasteiger partial charge is 0.101 e. The van der Waals surface area contributed by atoms with Gasteiger partial charge in [-0.05, 0) is 11.1 Å². The lowest BCUT2D eigenvalue weighted by Gasteiger charge is -2.17. The van der Waals surface area contributed by atoms with E-state index in [-0.39, 0.29) is 12.1 Å². The number of hydrogen-bond donors (Lipinski definition) is 0. The Morgan fingerprint density at radius 1 is 0.667 bits per heavy atom. The first kappa shape index (κ1) is 11.1. The first-order valence-corrected chi connectivity index (χ1v) is 6.36. The monoisotopic (exact) mass is 236 g/mol. The minimum absolute atomic E-state index is 0.191. The molecule has 2 atom stereocenters. The minimum Gasteiger partial charge on any atom is -0.185 e. The van der Waals surface area contributed by atoms with Crippen molar-refractivity contribution < 1.29 is 0 Å². The zero-order valence-corrected chi connectivity index (χ0v) is 10.4. The zero-order chi connectivity index (χ0) is 12.4. The fourth-order valence-corrected chi connectivity index (χ4v) is 2.57. The van der Waals surface area contributed by atoms with Crippen molar-refractivity contribution in [3.63, 3.8) is 0 Å². The topological polar surface area (TPSA) is 24.7 Å². The molecular weight excluding hydrogens is 220 g/mol. The van der Waals surface area contributed by atoms with Crippen LogP contribution in [0.15, 0.2) is 70.9 Å². The van der Waals surface area contributed by atoms with Gasteiger partial charge in [0, 0.05) is 5.92 Å². The third kappa shape index (κ3) is 1.94. The van der Waals surface area contributed by atoms with E-state index >= 15 is 0 Å². The molecular formula is C16H16N2. The third-order valence-electron chi connectivity index (χ3n) is 3.59. The van der Waals surface area contributed by atoms with Crippen LogP contribution in [0.25, 0.3) is 0 Å². The predicted octanol–water partition coefficient (Wildman–Crippen LogP) is 4.57. The lowest BCUT2D eigenvalue weighted by molar-refractivity contribution is 0.464. The Balaban J connectivity index is 1.86. The van der Waals surface area contributed by atoms with Crippen molar-refractivity contribution in [3.05, 3.63) is 71.8 Å². The van der Waals surface area contributed by atoms with Crippen LogP contribution in [0.2, 0.25) is 0 Å². The first-order chi connectivity index (χ1) is 8.86. The molecule has 2 unspecified atom stereocenters. The van der Waals surface area contributed by atoms with Crippen molar-refractivity contribution in [3.8, 4) is 0 Å². The normalized spacial score (nSPS) is 26.4. The Morgan fingerprint density at radius 2 is 1.06 bits per heavy atom. The van der Waals surface area contributed by atoms with E-state index in [0.29, 0.717) is 5.92 Å². The molecule has 2 aromatic rings. The molecule has 0 bridgehead atoms. The maximum Gasteiger partial charge on any atom is 0.101 e. The average molecular weight is 236 g/mol.